The van der Waals surface area contributed by atoms with Crippen molar-refractivity contribution in [3.63, 3.8) is 0 Å². The molecule has 58 heavy (non-hydrogen) atoms. The summed E-state index contributed by atoms with van der Waals surface area (Å²) in [6.07, 6.45) is 6.96. The summed E-state index contributed by atoms with van der Waals surface area (Å²) in [5, 5.41) is 7.83. The van der Waals surface area contributed by atoms with Crippen LogP contribution in [0.1, 0.15) is 62.4 Å². The zero-order chi connectivity index (χ0) is 39.9. The molecule has 7 aromatic rings. The van der Waals surface area contributed by atoms with Gasteiger partial charge >= 0.3 is 0 Å². The van der Waals surface area contributed by atoms with Crippen LogP contribution in [-0.2, 0) is 44.4 Å². The molecule has 1 aliphatic heterocycles. The maximum absolute atomic E-state index is 14.5. The molecule has 8 rings (SSSR count). The Labute approximate surface area is 340 Å². The largest absolute Gasteiger partial charge is 0.384 e. The van der Waals surface area contributed by atoms with Crippen LogP contribution in [0.2, 0.25) is 0 Å². The Kier molecular flexibility index (Phi) is 11.5. The zero-order valence-electron chi connectivity index (χ0n) is 32.8. The Bertz CT molecular complexity index is 2460. The van der Waals surface area contributed by atoms with Crippen molar-refractivity contribution in [2.24, 2.45) is 11.5 Å². The summed E-state index contributed by atoms with van der Waals surface area (Å²) < 4.78 is 2.42. The third-order valence-corrected chi connectivity index (χ3v) is 11.7. The molecule has 1 fully saturated rings. The van der Waals surface area contributed by atoms with Gasteiger partial charge in [0.25, 0.3) is 5.91 Å². The van der Waals surface area contributed by atoms with Crippen molar-refractivity contribution >= 4 is 28.5 Å². The van der Waals surface area contributed by atoms with E-state index in [2.05, 4.69) is 81.2 Å². The summed E-state index contributed by atoms with van der Waals surface area (Å²) in [6.45, 7) is 4.55. The van der Waals surface area contributed by atoms with Crippen molar-refractivity contribution in [3.8, 4) is 0 Å². The fourth-order valence-electron chi connectivity index (χ4n) is 8.31. The molecule has 5 N–H and O–H groups in total. The number of nitrogens with one attached hydrogen (secondary N) is 1. The van der Waals surface area contributed by atoms with Gasteiger partial charge in [-0.3, -0.25) is 20.1 Å². The van der Waals surface area contributed by atoms with Gasteiger partial charge in [-0.1, -0.05) is 109 Å². The second-order valence-corrected chi connectivity index (χ2v) is 15.5. The summed E-state index contributed by atoms with van der Waals surface area (Å²) in [6, 6.07) is 47.5. The maximum Gasteiger partial charge on any atom is 0.258 e. The lowest BCUT2D eigenvalue weighted by molar-refractivity contribution is 0.0985. The lowest BCUT2D eigenvalue weighted by Gasteiger charge is -2.43. The van der Waals surface area contributed by atoms with Crippen molar-refractivity contribution in [2.45, 2.75) is 57.3 Å². The number of anilines is 1. The van der Waals surface area contributed by atoms with Crippen molar-refractivity contribution in [2.75, 3.05) is 18.0 Å². The van der Waals surface area contributed by atoms with Gasteiger partial charge in [0.05, 0.1) is 29.5 Å². The summed E-state index contributed by atoms with van der Waals surface area (Å²) in [4.78, 5) is 28.5. The monoisotopic (exact) mass is 766 g/mol. The first kappa shape index (κ1) is 38.5. The number of aryl methyl sites for hydroxylation is 2. The van der Waals surface area contributed by atoms with Gasteiger partial charge in [0.1, 0.15) is 11.7 Å². The van der Waals surface area contributed by atoms with Gasteiger partial charge in [0, 0.05) is 48.8 Å². The van der Waals surface area contributed by atoms with Crippen molar-refractivity contribution in [1.82, 2.24) is 19.4 Å². The number of nitrogen functional groups attached to an aromatic ring is 1. The number of nitrogens with zero attached hydrogens (tertiary/aromatic N) is 5. The molecule has 1 aliphatic rings. The molecule has 1 amide bonds. The van der Waals surface area contributed by atoms with Gasteiger partial charge in [-0.2, -0.15) is 0 Å². The summed E-state index contributed by atoms with van der Waals surface area (Å²) >= 11 is 0. The predicted molar refractivity (Wildman–Crippen MR) is 233 cm³/mol. The number of carbonyl (C=O) groups excluding carboxylic acids is 1. The zero-order valence-corrected chi connectivity index (χ0v) is 32.8. The number of amidine groups is 1. The van der Waals surface area contributed by atoms with E-state index in [0.717, 1.165) is 84.7 Å². The molecule has 0 aliphatic carbocycles. The standard InChI is InChI=1S/C49H50N8O/c50-31-37-13-15-39(16-14-37)34-56(43-12-7-27-53-32-43)48(58)41-22-23-45-44(30-41)54-46(24-19-36-17-20-40(21-18-36)47(51)52)57(45)35-49(42-10-5-2-6-11-42)25-28-55(29-26-49)33-38-8-3-1-4-9-38/h1-18,20-23,27,30,32H,19,24-26,28-29,31,33-35,50H2,(H3,51,52). The first-order chi connectivity index (χ1) is 28.4. The minimum atomic E-state index is -0.119. The van der Waals surface area contributed by atoms with E-state index < -0.39 is 0 Å². The van der Waals surface area contributed by atoms with Crippen LogP contribution in [0.4, 0.5) is 5.69 Å². The van der Waals surface area contributed by atoms with Crippen molar-refractivity contribution in [3.05, 3.63) is 197 Å². The second kappa shape index (κ2) is 17.4. The number of benzene rings is 5. The van der Waals surface area contributed by atoms with Crippen molar-refractivity contribution < 1.29 is 4.79 Å². The molecule has 1 saturated heterocycles. The summed E-state index contributed by atoms with van der Waals surface area (Å²) in [5.41, 5.74) is 21.2. The number of pyridine rings is 1. The van der Waals surface area contributed by atoms with Crippen molar-refractivity contribution in [1.29, 1.82) is 5.41 Å². The Morgan fingerprint density at radius 3 is 2.09 bits per heavy atom. The van der Waals surface area contributed by atoms with Crippen LogP contribution in [0.5, 0.6) is 0 Å². The lowest BCUT2D eigenvalue weighted by atomic mass is 9.72. The number of carbonyl (C=O) groups is 1. The van der Waals surface area contributed by atoms with E-state index in [9.17, 15) is 4.79 Å². The summed E-state index contributed by atoms with van der Waals surface area (Å²) in [7, 11) is 0. The highest BCUT2D eigenvalue weighted by atomic mass is 16.2. The number of hydrogen-bond donors (Lipinski definition) is 3. The summed E-state index contributed by atoms with van der Waals surface area (Å²) in [5.74, 6) is 0.929. The molecule has 0 atom stereocenters. The van der Waals surface area contributed by atoms with Crippen LogP contribution in [0.25, 0.3) is 11.0 Å². The van der Waals surface area contributed by atoms with Gasteiger partial charge < -0.3 is 20.9 Å². The molecular weight excluding hydrogens is 717 g/mol. The normalized spacial score (nSPS) is 14.0. The first-order valence-corrected chi connectivity index (χ1v) is 20.1. The second-order valence-electron chi connectivity index (χ2n) is 15.5. The van der Waals surface area contributed by atoms with E-state index in [0.29, 0.717) is 30.6 Å². The van der Waals surface area contributed by atoms with Gasteiger partial charge in [0.15, 0.2) is 0 Å². The Balaban J connectivity index is 1.14. The van der Waals surface area contributed by atoms with Crippen LogP contribution >= 0.6 is 0 Å². The van der Waals surface area contributed by atoms with E-state index in [-0.39, 0.29) is 17.2 Å². The molecule has 0 unspecified atom stereocenters. The molecule has 0 saturated carbocycles. The number of fused-ring (bicyclic) bond motifs is 1. The average Bonchev–Trinajstić information content (AvgIpc) is 3.62. The van der Waals surface area contributed by atoms with Crippen LogP contribution in [0, 0.1) is 5.41 Å². The SMILES string of the molecule is N=C(N)c1ccc(CCc2nc3cc(C(=O)N(Cc4ccc(CN)cc4)c4cccnc4)ccc3n2CC2(c3ccccc3)CCN(Cc3ccccc3)CC2)cc1. The minimum Gasteiger partial charge on any atom is -0.384 e. The number of hydrogen-bond acceptors (Lipinski definition) is 6. The van der Waals surface area contributed by atoms with Crippen LogP contribution < -0.4 is 16.4 Å². The highest BCUT2D eigenvalue weighted by Crippen LogP contribution is 2.39. The number of imidazole rings is 1. The van der Waals surface area contributed by atoms with E-state index in [1.165, 1.54) is 11.1 Å². The van der Waals surface area contributed by atoms with Crippen LogP contribution in [0.3, 0.4) is 0 Å². The number of aromatic nitrogens is 3. The maximum atomic E-state index is 14.5. The van der Waals surface area contributed by atoms with E-state index in [4.69, 9.17) is 21.9 Å². The highest BCUT2D eigenvalue weighted by molar-refractivity contribution is 6.07. The third kappa shape index (κ3) is 8.61. The average molecular weight is 767 g/mol. The number of likely N-dealkylation sites (tertiary alicyclic amines) is 1. The fourth-order valence-corrected chi connectivity index (χ4v) is 8.31. The van der Waals surface area contributed by atoms with E-state index >= 15 is 0 Å². The van der Waals surface area contributed by atoms with Crippen LogP contribution in [0.15, 0.2) is 152 Å². The number of piperidine rings is 1. The minimum absolute atomic E-state index is 0.0614. The Morgan fingerprint density at radius 2 is 1.41 bits per heavy atom. The van der Waals surface area contributed by atoms with E-state index in [1.54, 1.807) is 17.3 Å². The van der Waals surface area contributed by atoms with Crippen LogP contribution in [-0.4, -0.2) is 44.3 Å². The quantitative estimate of drug-likeness (QED) is 0.0759. The van der Waals surface area contributed by atoms with Gasteiger partial charge in [-0.05, 0) is 90.5 Å². The Morgan fingerprint density at radius 1 is 0.741 bits per heavy atom. The molecule has 0 bridgehead atoms. The molecule has 5 aromatic carbocycles. The number of nitrogens with two attached hydrogens (primary N) is 2. The lowest BCUT2D eigenvalue weighted by Crippen LogP contribution is -2.44. The van der Waals surface area contributed by atoms with E-state index in [1.807, 2.05) is 72.8 Å². The molecule has 0 radical (unpaired) electrons. The number of amides is 1. The first-order valence-electron chi connectivity index (χ1n) is 20.1. The molecule has 0 spiro atoms. The molecular formula is C49H50N8O. The predicted octanol–water partition coefficient (Wildman–Crippen LogP) is 8.04. The topological polar surface area (TPSA) is 130 Å². The Hall–Kier alpha value is -6.42. The third-order valence-electron chi connectivity index (χ3n) is 11.7. The van der Waals surface area contributed by atoms with Gasteiger partial charge in [-0.25, -0.2) is 4.98 Å². The molecule has 292 valence electrons. The van der Waals surface area contributed by atoms with Gasteiger partial charge in [0.2, 0.25) is 0 Å². The smallest absolute Gasteiger partial charge is 0.258 e. The molecule has 9 heteroatoms. The molecule has 2 aromatic heterocycles. The molecule has 3 heterocycles. The highest BCUT2D eigenvalue weighted by Gasteiger charge is 2.37. The van der Waals surface area contributed by atoms with Gasteiger partial charge in [-0.15, -0.1) is 0 Å². The fraction of sp³-hybridized carbons (Fsp3) is 0.224. The number of rotatable bonds is 14. The molecule has 9 nitrogen and oxygen atoms in total.